The number of hydrogen-bond acceptors (Lipinski definition) is 5. The quantitative estimate of drug-likeness (QED) is 0.577. The second kappa shape index (κ2) is 8.45. The van der Waals surface area contributed by atoms with Gasteiger partial charge in [-0.1, -0.05) is 18.2 Å². The lowest BCUT2D eigenvalue weighted by Crippen LogP contribution is -2.11. The molecule has 1 amide bonds. The van der Waals surface area contributed by atoms with E-state index in [-0.39, 0.29) is 5.91 Å². The van der Waals surface area contributed by atoms with Gasteiger partial charge in [-0.15, -0.1) is 0 Å². The second-order valence-electron chi connectivity index (χ2n) is 8.56. The zero-order valence-corrected chi connectivity index (χ0v) is 18.6. The first-order valence-electron chi connectivity index (χ1n) is 10.9. The maximum atomic E-state index is 13.1. The van der Waals surface area contributed by atoms with Crippen LogP contribution in [0.5, 0.6) is 5.75 Å². The number of carbonyl (C=O) groups is 1. The highest BCUT2D eigenvalue weighted by molar-refractivity contribution is 6.37. The lowest BCUT2D eigenvalue weighted by molar-refractivity contribution is -0.110. The monoisotopic (exact) mass is 436 g/mol. The zero-order valence-electron chi connectivity index (χ0n) is 18.6. The molecule has 0 saturated carbocycles. The Balaban J connectivity index is 1.61. The molecule has 0 spiro atoms. The molecular formula is C27H24N4O2. The number of hydrogen-bond donors (Lipinski definition) is 2. The van der Waals surface area contributed by atoms with Gasteiger partial charge in [0.2, 0.25) is 0 Å². The van der Waals surface area contributed by atoms with Crippen LogP contribution in [0.2, 0.25) is 0 Å². The summed E-state index contributed by atoms with van der Waals surface area (Å²) in [6, 6.07) is 21.7. The Morgan fingerprint density at radius 3 is 2.70 bits per heavy atom. The predicted molar refractivity (Wildman–Crippen MR) is 130 cm³/mol. The van der Waals surface area contributed by atoms with Crippen molar-refractivity contribution in [3.8, 4) is 11.8 Å². The fourth-order valence-corrected chi connectivity index (χ4v) is 4.31. The van der Waals surface area contributed by atoms with Crippen molar-refractivity contribution in [1.29, 1.82) is 5.26 Å². The molecule has 0 fully saturated rings. The van der Waals surface area contributed by atoms with Crippen LogP contribution in [0.15, 0.2) is 60.7 Å². The van der Waals surface area contributed by atoms with Gasteiger partial charge in [0.25, 0.3) is 5.91 Å². The van der Waals surface area contributed by atoms with E-state index in [1.54, 1.807) is 12.1 Å². The molecule has 6 heteroatoms. The molecule has 2 aliphatic heterocycles. The highest BCUT2D eigenvalue weighted by Crippen LogP contribution is 2.39. The molecule has 3 aromatic carbocycles. The van der Waals surface area contributed by atoms with E-state index in [2.05, 4.69) is 39.8 Å². The summed E-state index contributed by atoms with van der Waals surface area (Å²) in [5, 5.41) is 15.7. The topological polar surface area (TPSA) is 77.4 Å². The number of nitriles is 1. The molecule has 0 aromatic heterocycles. The Labute approximate surface area is 193 Å². The molecule has 0 atom stereocenters. The number of amides is 1. The van der Waals surface area contributed by atoms with Crippen LogP contribution in [-0.4, -0.2) is 31.5 Å². The van der Waals surface area contributed by atoms with Gasteiger partial charge in [0.05, 0.1) is 35.2 Å². The molecule has 2 heterocycles. The summed E-state index contributed by atoms with van der Waals surface area (Å²) in [5.41, 5.74) is 7.38. The van der Waals surface area contributed by atoms with E-state index >= 15 is 0 Å². The number of rotatable bonds is 5. The smallest absolute Gasteiger partial charge is 0.258 e. The third-order valence-electron chi connectivity index (χ3n) is 5.84. The summed E-state index contributed by atoms with van der Waals surface area (Å²) in [4.78, 5) is 15.2. The van der Waals surface area contributed by atoms with E-state index in [0.717, 1.165) is 46.8 Å². The number of nitrogens with one attached hydrogen (secondary N) is 2. The Hall–Kier alpha value is -4.08. The third kappa shape index (κ3) is 4.07. The number of ether oxygens (including phenoxy) is 1. The molecule has 0 saturated heterocycles. The Morgan fingerprint density at radius 2 is 1.94 bits per heavy atom. The van der Waals surface area contributed by atoms with Crippen LogP contribution in [-0.2, 0) is 17.8 Å². The molecule has 5 rings (SSSR count). The van der Waals surface area contributed by atoms with Crippen LogP contribution >= 0.6 is 0 Å². The summed E-state index contributed by atoms with van der Waals surface area (Å²) in [6.07, 6.45) is 0.847. The van der Waals surface area contributed by atoms with Crippen molar-refractivity contribution in [2.45, 2.75) is 13.0 Å². The van der Waals surface area contributed by atoms with Gasteiger partial charge in [-0.05, 0) is 73.3 Å². The second-order valence-corrected chi connectivity index (χ2v) is 8.56. The molecule has 0 radical (unpaired) electrons. The average Bonchev–Trinajstić information content (AvgIpc) is 3.40. The number of fused-ring (bicyclic) bond motifs is 2. The van der Waals surface area contributed by atoms with E-state index in [9.17, 15) is 10.1 Å². The zero-order chi connectivity index (χ0) is 22.9. The van der Waals surface area contributed by atoms with Gasteiger partial charge >= 0.3 is 0 Å². The van der Waals surface area contributed by atoms with Crippen LogP contribution in [0.4, 0.5) is 11.4 Å². The average molecular weight is 437 g/mol. The van der Waals surface area contributed by atoms with Crippen LogP contribution < -0.4 is 15.4 Å². The van der Waals surface area contributed by atoms with Crippen molar-refractivity contribution in [2.75, 3.05) is 31.3 Å². The lowest BCUT2D eigenvalue weighted by atomic mass is 9.97. The minimum absolute atomic E-state index is 0.191. The molecule has 2 aliphatic rings. The summed E-state index contributed by atoms with van der Waals surface area (Å²) in [7, 11) is 4.08. The standard InChI is InChI=1S/C27H24N4O2/c1-31(2)16-17-3-7-21(8-4-17)29-26(20-6-10-24-19(14-20)11-12-33-24)25-22-9-5-18(15-28)13-23(22)30-27(25)32/h3-10,13-14,29H,11-12,16H2,1-2H3,(H,30,32)/b26-25-. The van der Waals surface area contributed by atoms with E-state index in [4.69, 9.17) is 4.74 Å². The normalized spacial score (nSPS) is 15.4. The Bertz CT molecular complexity index is 1320. The van der Waals surface area contributed by atoms with Crippen LogP contribution in [0.1, 0.15) is 27.8 Å². The molecule has 0 unspecified atom stereocenters. The van der Waals surface area contributed by atoms with Gasteiger partial charge in [-0.2, -0.15) is 5.26 Å². The fourth-order valence-electron chi connectivity index (χ4n) is 4.31. The van der Waals surface area contributed by atoms with E-state index in [1.807, 2.05) is 44.4 Å². The molecule has 0 bridgehead atoms. The Kier molecular flexibility index (Phi) is 5.33. The summed E-state index contributed by atoms with van der Waals surface area (Å²) in [6.45, 7) is 1.53. The van der Waals surface area contributed by atoms with Crippen molar-refractivity contribution in [3.05, 3.63) is 88.5 Å². The molecule has 6 nitrogen and oxygen atoms in total. The molecule has 33 heavy (non-hydrogen) atoms. The van der Waals surface area contributed by atoms with E-state index in [1.165, 1.54) is 5.56 Å². The van der Waals surface area contributed by atoms with E-state index in [0.29, 0.717) is 23.4 Å². The predicted octanol–water partition coefficient (Wildman–Crippen LogP) is 4.49. The molecule has 3 aromatic rings. The third-order valence-corrected chi connectivity index (χ3v) is 5.84. The van der Waals surface area contributed by atoms with Crippen LogP contribution in [0, 0.1) is 11.3 Å². The van der Waals surface area contributed by atoms with Crippen molar-refractivity contribution >= 4 is 28.6 Å². The summed E-state index contributed by atoms with van der Waals surface area (Å²) in [5.74, 6) is 0.703. The summed E-state index contributed by atoms with van der Waals surface area (Å²) >= 11 is 0. The number of benzene rings is 3. The van der Waals surface area contributed by atoms with Gasteiger partial charge in [0, 0.05) is 24.2 Å². The minimum Gasteiger partial charge on any atom is -0.493 e. The molecule has 164 valence electrons. The van der Waals surface area contributed by atoms with Gasteiger partial charge in [0.1, 0.15) is 5.75 Å². The molecular weight excluding hydrogens is 412 g/mol. The minimum atomic E-state index is -0.191. The van der Waals surface area contributed by atoms with Gasteiger partial charge in [-0.3, -0.25) is 4.79 Å². The van der Waals surface area contributed by atoms with Crippen molar-refractivity contribution in [2.24, 2.45) is 0 Å². The highest BCUT2D eigenvalue weighted by Gasteiger charge is 2.29. The number of carbonyl (C=O) groups excluding carboxylic acids is 1. The molecule has 2 N–H and O–H groups in total. The first-order chi connectivity index (χ1) is 16.0. The number of nitrogens with zero attached hydrogens (tertiary/aromatic N) is 2. The fraction of sp³-hybridized carbons (Fsp3) is 0.185. The lowest BCUT2D eigenvalue weighted by Gasteiger charge is -2.16. The van der Waals surface area contributed by atoms with Crippen LogP contribution in [0.25, 0.3) is 11.3 Å². The van der Waals surface area contributed by atoms with Crippen molar-refractivity contribution < 1.29 is 9.53 Å². The van der Waals surface area contributed by atoms with Gasteiger partial charge in [0.15, 0.2) is 0 Å². The molecule has 0 aliphatic carbocycles. The van der Waals surface area contributed by atoms with E-state index < -0.39 is 0 Å². The van der Waals surface area contributed by atoms with Crippen molar-refractivity contribution in [1.82, 2.24) is 4.90 Å². The first kappa shape index (κ1) is 20.8. The SMILES string of the molecule is CN(C)Cc1ccc(N/C(=C2\C(=O)Nc3cc(C#N)ccc32)c2ccc3c(c2)CCO3)cc1. The largest absolute Gasteiger partial charge is 0.493 e. The Morgan fingerprint density at radius 1 is 1.12 bits per heavy atom. The van der Waals surface area contributed by atoms with Gasteiger partial charge < -0.3 is 20.3 Å². The maximum absolute atomic E-state index is 13.1. The van der Waals surface area contributed by atoms with Gasteiger partial charge in [-0.25, -0.2) is 0 Å². The van der Waals surface area contributed by atoms with Crippen molar-refractivity contribution in [3.63, 3.8) is 0 Å². The number of anilines is 2. The highest BCUT2D eigenvalue weighted by atomic mass is 16.5. The maximum Gasteiger partial charge on any atom is 0.258 e. The first-order valence-corrected chi connectivity index (χ1v) is 10.9. The van der Waals surface area contributed by atoms with Crippen LogP contribution in [0.3, 0.4) is 0 Å². The summed E-state index contributed by atoms with van der Waals surface area (Å²) < 4.78 is 5.67.